The predicted octanol–water partition coefficient (Wildman–Crippen LogP) is 4.97. The van der Waals surface area contributed by atoms with Gasteiger partial charge in [-0.25, -0.2) is 5.01 Å². The minimum absolute atomic E-state index is 0.239. The Morgan fingerprint density at radius 2 is 1.90 bits per heavy atom. The van der Waals surface area contributed by atoms with Gasteiger partial charge in [0.05, 0.1) is 6.61 Å². The van der Waals surface area contributed by atoms with Crippen LogP contribution in [-0.4, -0.2) is 28.6 Å². The molecule has 31 heavy (non-hydrogen) atoms. The Bertz CT molecular complexity index is 1030. The molecule has 1 aliphatic rings. The zero-order valence-corrected chi connectivity index (χ0v) is 19.5. The second-order valence-corrected chi connectivity index (χ2v) is 8.50. The Morgan fingerprint density at radius 1 is 1.13 bits per heavy atom. The van der Waals surface area contributed by atoms with Gasteiger partial charge >= 0.3 is 0 Å². The number of halogens is 2. The number of hydrogen-bond donors (Lipinski definition) is 1. The lowest BCUT2D eigenvalue weighted by Crippen LogP contribution is -2.25. The fourth-order valence-electron chi connectivity index (χ4n) is 2.84. The molecule has 2 amide bonds. The lowest BCUT2D eigenvalue weighted by Gasteiger charge is -2.21. The molecule has 1 unspecified atom stereocenters. The molecule has 1 N–H and O–H groups in total. The number of nitrogens with zero attached hydrogens (tertiary/aromatic N) is 2. The molecule has 0 fully saturated rings. The fraction of sp³-hybridized carbons (Fsp3) is 0.286. The van der Waals surface area contributed by atoms with Crippen molar-refractivity contribution in [1.82, 2.24) is 10.3 Å². The number of amides is 2. The molecule has 1 aliphatic heterocycles. The van der Waals surface area contributed by atoms with Crippen molar-refractivity contribution in [3.05, 3.63) is 57.6 Å². The summed E-state index contributed by atoms with van der Waals surface area (Å²) in [6.07, 6.45) is 0. The molecule has 0 aromatic heterocycles. The Hall–Kier alpha value is -2.42. The number of carbonyl (C=O) groups excluding carboxylic acids is 2. The lowest BCUT2D eigenvalue weighted by atomic mass is 10.2. The van der Waals surface area contributed by atoms with Gasteiger partial charge in [-0.15, -0.1) is 5.10 Å². The summed E-state index contributed by atoms with van der Waals surface area (Å²) in [6, 6.07) is 10.6. The number of carbonyl (C=O) groups is 2. The highest BCUT2D eigenvalue weighted by molar-refractivity contribution is 8.14. The summed E-state index contributed by atoms with van der Waals surface area (Å²) < 4.78 is 11.7. The first-order chi connectivity index (χ1) is 14.8. The molecule has 0 radical (unpaired) electrons. The van der Waals surface area contributed by atoms with Crippen LogP contribution in [0.2, 0.25) is 10.0 Å². The Labute approximate surface area is 194 Å². The van der Waals surface area contributed by atoms with E-state index in [1.807, 2.05) is 19.1 Å². The quantitative estimate of drug-likeness (QED) is 0.629. The predicted molar refractivity (Wildman–Crippen MR) is 123 cm³/mol. The maximum atomic E-state index is 12.1. The van der Waals surface area contributed by atoms with Gasteiger partial charge in [0.15, 0.2) is 16.7 Å². The molecule has 0 spiro atoms. The molecular weight excluding hydrogens is 461 g/mol. The molecule has 7 nitrogen and oxygen atoms in total. The number of hydrogen-bond acceptors (Lipinski definition) is 6. The van der Waals surface area contributed by atoms with Crippen LogP contribution in [-0.2, 0) is 16.2 Å². The normalized spacial score (nSPS) is 15.5. The standard InChI is InChI=1S/C21H21Cl2N3O4S/c1-4-29-19-9-14(20-26(13(3)28)25-21(31-20)24-12(2)27)6-8-18(19)30-11-15-5-7-16(22)10-17(15)23/h5-10,20H,4,11H2,1-3H3,(H,24,25,27). The summed E-state index contributed by atoms with van der Waals surface area (Å²) in [5.41, 5.74) is 1.57. The molecule has 10 heteroatoms. The van der Waals surface area contributed by atoms with Crippen molar-refractivity contribution >= 4 is 51.9 Å². The average Bonchev–Trinajstić information content (AvgIpc) is 3.11. The summed E-state index contributed by atoms with van der Waals surface area (Å²) in [5.74, 6) is 0.572. The molecule has 1 heterocycles. The number of benzene rings is 2. The molecular formula is C21H21Cl2N3O4S. The van der Waals surface area contributed by atoms with E-state index in [0.29, 0.717) is 33.3 Å². The van der Waals surface area contributed by atoms with Gasteiger partial charge in [0.25, 0.3) is 0 Å². The maximum Gasteiger partial charge on any atom is 0.241 e. The van der Waals surface area contributed by atoms with Crippen molar-refractivity contribution in [3.63, 3.8) is 0 Å². The van der Waals surface area contributed by atoms with Crippen molar-refractivity contribution in [2.75, 3.05) is 6.61 Å². The van der Waals surface area contributed by atoms with E-state index in [1.54, 1.807) is 24.3 Å². The summed E-state index contributed by atoms with van der Waals surface area (Å²) in [6.45, 7) is 5.36. The van der Waals surface area contributed by atoms with Crippen LogP contribution >= 0.6 is 35.0 Å². The van der Waals surface area contributed by atoms with E-state index >= 15 is 0 Å². The highest BCUT2D eigenvalue weighted by Crippen LogP contribution is 2.42. The SMILES string of the molecule is CCOc1cc(C2SC(NC(C)=O)=NN2C(C)=O)ccc1OCc1ccc(Cl)cc1Cl. The maximum absolute atomic E-state index is 12.1. The van der Waals surface area contributed by atoms with Gasteiger partial charge in [-0.2, -0.15) is 0 Å². The number of rotatable bonds is 6. The zero-order chi connectivity index (χ0) is 22.5. The summed E-state index contributed by atoms with van der Waals surface area (Å²) in [7, 11) is 0. The van der Waals surface area contributed by atoms with E-state index in [9.17, 15) is 9.59 Å². The Balaban J connectivity index is 1.82. The molecule has 0 saturated carbocycles. The molecule has 164 valence electrons. The first-order valence-corrected chi connectivity index (χ1v) is 11.1. The molecule has 1 atom stereocenters. The summed E-state index contributed by atoms with van der Waals surface area (Å²) in [5, 5.41) is 9.17. The van der Waals surface area contributed by atoms with Gasteiger partial charge in [0.1, 0.15) is 12.0 Å². The van der Waals surface area contributed by atoms with Crippen molar-refractivity contribution in [2.24, 2.45) is 5.10 Å². The van der Waals surface area contributed by atoms with Crippen LogP contribution < -0.4 is 14.8 Å². The minimum atomic E-state index is -0.432. The number of thioether (sulfide) groups is 1. The van der Waals surface area contributed by atoms with Crippen LogP contribution in [0.25, 0.3) is 0 Å². The summed E-state index contributed by atoms with van der Waals surface area (Å²) >= 11 is 13.4. The van der Waals surface area contributed by atoms with Crippen molar-refractivity contribution in [2.45, 2.75) is 32.8 Å². The van der Waals surface area contributed by atoms with Gasteiger partial charge in [0.2, 0.25) is 11.8 Å². The average molecular weight is 482 g/mol. The second-order valence-electron chi connectivity index (χ2n) is 6.58. The Kier molecular flexibility index (Phi) is 7.69. The molecule has 0 bridgehead atoms. The third kappa shape index (κ3) is 5.84. The third-order valence-corrected chi connectivity index (χ3v) is 5.89. The summed E-state index contributed by atoms with van der Waals surface area (Å²) in [4.78, 5) is 23.4. The van der Waals surface area contributed by atoms with Crippen LogP contribution in [0.15, 0.2) is 41.5 Å². The number of nitrogens with one attached hydrogen (secondary N) is 1. The largest absolute Gasteiger partial charge is 0.490 e. The van der Waals surface area contributed by atoms with Crippen LogP contribution in [0.1, 0.15) is 37.3 Å². The fourth-order valence-corrected chi connectivity index (χ4v) is 4.43. The molecule has 0 aliphatic carbocycles. The Morgan fingerprint density at radius 3 is 2.55 bits per heavy atom. The van der Waals surface area contributed by atoms with Crippen molar-refractivity contribution < 1.29 is 19.1 Å². The second kappa shape index (κ2) is 10.3. The van der Waals surface area contributed by atoms with Crippen LogP contribution in [0.4, 0.5) is 0 Å². The van der Waals surface area contributed by atoms with E-state index in [0.717, 1.165) is 11.1 Å². The number of amidine groups is 1. The molecule has 2 aromatic carbocycles. The zero-order valence-electron chi connectivity index (χ0n) is 17.1. The van der Waals surface area contributed by atoms with Gasteiger partial charge in [-0.3, -0.25) is 9.59 Å². The van der Waals surface area contributed by atoms with Crippen molar-refractivity contribution in [1.29, 1.82) is 0 Å². The van der Waals surface area contributed by atoms with Crippen LogP contribution in [0.5, 0.6) is 11.5 Å². The first-order valence-electron chi connectivity index (χ1n) is 9.44. The topological polar surface area (TPSA) is 80.2 Å². The van der Waals surface area contributed by atoms with E-state index < -0.39 is 5.37 Å². The molecule has 2 aromatic rings. The first kappa shape index (κ1) is 23.2. The van der Waals surface area contributed by atoms with Gasteiger partial charge in [0, 0.05) is 29.5 Å². The van der Waals surface area contributed by atoms with Crippen LogP contribution in [0, 0.1) is 0 Å². The molecule has 0 saturated heterocycles. The third-order valence-electron chi connectivity index (χ3n) is 4.20. The highest BCUT2D eigenvalue weighted by Gasteiger charge is 2.33. The number of hydrazone groups is 1. The smallest absolute Gasteiger partial charge is 0.241 e. The van der Waals surface area contributed by atoms with Gasteiger partial charge in [-0.05, 0) is 36.8 Å². The highest BCUT2D eigenvalue weighted by atomic mass is 35.5. The minimum Gasteiger partial charge on any atom is -0.490 e. The lowest BCUT2D eigenvalue weighted by molar-refractivity contribution is -0.129. The van der Waals surface area contributed by atoms with Crippen LogP contribution in [0.3, 0.4) is 0 Å². The monoisotopic (exact) mass is 481 g/mol. The number of ether oxygens (including phenoxy) is 2. The van der Waals surface area contributed by atoms with E-state index in [2.05, 4.69) is 10.4 Å². The van der Waals surface area contributed by atoms with Gasteiger partial charge < -0.3 is 14.8 Å². The van der Waals surface area contributed by atoms with Gasteiger partial charge in [-0.1, -0.05) is 47.1 Å². The van der Waals surface area contributed by atoms with Crippen molar-refractivity contribution in [3.8, 4) is 11.5 Å². The molecule has 3 rings (SSSR count). The van der Waals surface area contributed by atoms with E-state index in [4.69, 9.17) is 32.7 Å². The van der Waals surface area contributed by atoms with E-state index in [-0.39, 0.29) is 18.4 Å². The van der Waals surface area contributed by atoms with E-state index in [1.165, 1.54) is 30.6 Å².